The van der Waals surface area contributed by atoms with Gasteiger partial charge in [0.25, 0.3) is 11.8 Å². The Kier molecular flexibility index (Phi) is 5.98. The van der Waals surface area contributed by atoms with E-state index in [0.29, 0.717) is 30.1 Å². The lowest BCUT2D eigenvalue weighted by molar-refractivity contribution is -0.136. The molecule has 2 saturated heterocycles. The van der Waals surface area contributed by atoms with Crippen LogP contribution in [-0.4, -0.2) is 70.2 Å². The number of imide groups is 2. The molecule has 4 heterocycles. The summed E-state index contributed by atoms with van der Waals surface area (Å²) in [6.45, 7) is 4.16. The summed E-state index contributed by atoms with van der Waals surface area (Å²) >= 11 is 0. The average Bonchev–Trinajstić information content (AvgIpc) is 3.40. The number of nitrogens with one attached hydrogen (secondary N) is 1. The van der Waals surface area contributed by atoms with Gasteiger partial charge in [0.2, 0.25) is 11.8 Å². The number of nitrogens with zero attached hydrogens (tertiary/aromatic N) is 3. The van der Waals surface area contributed by atoms with Crippen molar-refractivity contribution in [3.63, 3.8) is 0 Å². The Balaban J connectivity index is 1.07. The van der Waals surface area contributed by atoms with Gasteiger partial charge in [-0.3, -0.25) is 34.3 Å². The number of benzene rings is 2. The summed E-state index contributed by atoms with van der Waals surface area (Å²) in [6, 6.07) is 9.67. The Labute approximate surface area is 219 Å². The van der Waals surface area contributed by atoms with Gasteiger partial charge < -0.3 is 10.0 Å². The smallest absolute Gasteiger partial charge is 0.335 e. The lowest BCUT2D eigenvalue weighted by Gasteiger charge is -2.35. The third-order valence-corrected chi connectivity index (χ3v) is 8.16. The first-order chi connectivity index (χ1) is 18.3. The number of rotatable bonds is 5. The highest BCUT2D eigenvalue weighted by atomic mass is 16.4. The molecule has 2 fully saturated rings. The van der Waals surface area contributed by atoms with Gasteiger partial charge in [0.05, 0.1) is 16.7 Å². The zero-order valence-electron chi connectivity index (χ0n) is 20.8. The maximum absolute atomic E-state index is 13.1. The molecule has 196 valence electrons. The van der Waals surface area contributed by atoms with Gasteiger partial charge in [0, 0.05) is 44.8 Å². The van der Waals surface area contributed by atoms with Crippen molar-refractivity contribution in [1.82, 2.24) is 15.1 Å². The summed E-state index contributed by atoms with van der Waals surface area (Å²) in [5, 5.41) is 11.3. The minimum absolute atomic E-state index is 0.102. The van der Waals surface area contributed by atoms with Gasteiger partial charge in [-0.2, -0.15) is 0 Å². The fourth-order valence-corrected chi connectivity index (χ4v) is 6.12. The van der Waals surface area contributed by atoms with Crippen molar-refractivity contribution >= 4 is 35.3 Å². The number of piperidine rings is 2. The summed E-state index contributed by atoms with van der Waals surface area (Å²) in [7, 11) is 0. The molecule has 6 rings (SSSR count). The topological polar surface area (TPSA) is 127 Å². The molecule has 0 radical (unpaired) electrons. The molecule has 0 aromatic heterocycles. The van der Waals surface area contributed by atoms with Gasteiger partial charge in [-0.05, 0) is 72.7 Å². The first-order valence-electron chi connectivity index (χ1n) is 13.0. The van der Waals surface area contributed by atoms with E-state index in [9.17, 15) is 24.0 Å². The van der Waals surface area contributed by atoms with Gasteiger partial charge in [0.15, 0.2) is 0 Å². The highest BCUT2D eigenvalue weighted by molar-refractivity contribution is 6.23. The predicted octanol–water partition coefficient (Wildman–Crippen LogP) is 2.02. The number of carbonyl (C=O) groups excluding carboxylic acids is 4. The largest absolute Gasteiger partial charge is 0.478 e. The van der Waals surface area contributed by atoms with Gasteiger partial charge >= 0.3 is 5.97 Å². The number of hydrogen-bond donors (Lipinski definition) is 2. The normalized spacial score (nSPS) is 22.1. The van der Waals surface area contributed by atoms with Crippen LogP contribution >= 0.6 is 0 Å². The highest BCUT2D eigenvalue weighted by Crippen LogP contribution is 2.34. The highest BCUT2D eigenvalue weighted by Gasteiger charge is 2.45. The quantitative estimate of drug-likeness (QED) is 0.578. The molecular weight excluding hydrogens is 488 g/mol. The first kappa shape index (κ1) is 24.3. The van der Waals surface area contributed by atoms with E-state index in [0.717, 1.165) is 54.2 Å². The Morgan fingerprint density at radius 3 is 2.05 bits per heavy atom. The molecule has 38 heavy (non-hydrogen) atoms. The summed E-state index contributed by atoms with van der Waals surface area (Å²) in [4.78, 5) is 66.8. The zero-order valence-corrected chi connectivity index (χ0v) is 20.8. The van der Waals surface area contributed by atoms with E-state index in [-0.39, 0.29) is 24.3 Å². The number of anilines is 1. The SMILES string of the molecule is O=C1CCC(N2C(=O)c3cc4c(cc3C2=O)CN(CC2CCN(c3ccc(C(=O)O)cc3)CC2)C4)C(=O)N1. The monoisotopic (exact) mass is 516 g/mol. The van der Waals surface area contributed by atoms with Crippen molar-refractivity contribution in [2.45, 2.75) is 44.8 Å². The van der Waals surface area contributed by atoms with Gasteiger partial charge in [-0.25, -0.2) is 4.79 Å². The Morgan fingerprint density at radius 2 is 1.50 bits per heavy atom. The molecule has 2 aromatic carbocycles. The van der Waals surface area contributed by atoms with E-state index >= 15 is 0 Å². The lowest BCUT2D eigenvalue weighted by atomic mass is 9.95. The fraction of sp³-hybridized carbons (Fsp3) is 0.393. The number of aromatic carboxylic acids is 1. The molecule has 1 unspecified atom stereocenters. The number of carbonyl (C=O) groups is 5. The molecule has 0 aliphatic carbocycles. The number of carboxylic acids is 1. The standard InChI is InChI=1S/C28H28N4O6/c33-24-6-5-23(25(34)29-24)32-26(35)21-11-18-14-30(15-19(18)12-22(21)27(32)36)13-16-7-9-31(10-8-16)20-3-1-17(2-4-20)28(37)38/h1-4,11-12,16,23H,5-10,13-15H2,(H,37,38)(H,29,33,34). The molecule has 0 bridgehead atoms. The Bertz CT molecular complexity index is 1320. The summed E-state index contributed by atoms with van der Waals surface area (Å²) in [5.41, 5.74) is 4.06. The van der Waals surface area contributed by atoms with Crippen molar-refractivity contribution in [2.75, 3.05) is 24.5 Å². The van der Waals surface area contributed by atoms with Gasteiger partial charge in [-0.1, -0.05) is 0 Å². The molecule has 10 heteroatoms. The molecule has 0 spiro atoms. The van der Waals surface area contributed by atoms with Gasteiger partial charge in [-0.15, -0.1) is 0 Å². The van der Waals surface area contributed by atoms with E-state index in [1.165, 1.54) is 0 Å². The van der Waals surface area contributed by atoms with Gasteiger partial charge in [0.1, 0.15) is 6.04 Å². The van der Waals surface area contributed by atoms with Crippen LogP contribution in [0.2, 0.25) is 0 Å². The predicted molar refractivity (Wildman–Crippen MR) is 136 cm³/mol. The van der Waals surface area contributed by atoms with E-state index < -0.39 is 29.7 Å². The van der Waals surface area contributed by atoms with Crippen LogP contribution in [0.25, 0.3) is 0 Å². The lowest BCUT2D eigenvalue weighted by Crippen LogP contribution is -2.54. The third-order valence-electron chi connectivity index (χ3n) is 8.16. The van der Waals surface area contributed by atoms with Crippen LogP contribution in [-0.2, 0) is 22.7 Å². The summed E-state index contributed by atoms with van der Waals surface area (Å²) < 4.78 is 0. The maximum atomic E-state index is 13.1. The van der Waals surface area contributed by atoms with Crippen LogP contribution in [0.3, 0.4) is 0 Å². The van der Waals surface area contributed by atoms with E-state index in [1.807, 2.05) is 12.1 Å². The van der Waals surface area contributed by atoms with Crippen LogP contribution in [0.15, 0.2) is 36.4 Å². The van der Waals surface area contributed by atoms with Crippen molar-refractivity contribution in [1.29, 1.82) is 0 Å². The van der Waals surface area contributed by atoms with Crippen LogP contribution in [0.1, 0.15) is 67.9 Å². The van der Waals surface area contributed by atoms with Crippen molar-refractivity contribution in [3.8, 4) is 0 Å². The minimum atomic E-state index is -0.951. The maximum Gasteiger partial charge on any atom is 0.335 e. The molecule has 1 atom stereocenters. The van der Waals surface area contributed by atoms with Crippen LogP contribution < -0.4 is 10.2 Å². The molecule has 4 aliphatic heterocycles. The molecule has 4 aliphatic rings. The van der Waals surface area contributed by atoms with Crippen LogP contribution in [0.4, 0.5) is 5.69 Å². The number of amides is 4. The third kappa shape index (κ3) is 4.24. The minimum Gasteiger partial charge on any atom is -0.478 e. The number of fused-ring (bicyclic) bond motifs is 2. The second-order valence-electron chi connectivity index (χ2n) is 10.6. The second kappa shape index (κ2) is 9.36. The second-order valence-corrected chi connectivity index (χ2v) is 10.6. The van der Waals surface area contributed by atoms with E-state index in [1.54, 1.807) is 24.3 Å². The average molecular weight is 517 g/mol. The fourth-order valence-electron chi connectivity index (χ4n) is 6.12. The molecule has 2 N–H and O–H groups in total. The molecular formula is C28H28N4O6. The number of carboxylic acid groups (broad SMARTS) is 1. The molecule has 0 saturated carbocycles. The van der Waals surface area contributed by atoms with Crippen molar-refractivity contribution in [3.05, 3.63) is 64.2 Å². The zero-order chi connectivity index (χ0) is 26.6. The van der Waals surface area contributed by atoms with E-state index in [4.69, 9.17) is 5.11 Å². The molecule has 10 nitrogen and oxygen atoms in total. The molecule has 2 aromatic rings. The molecule has 4 amide bonds. The van der Waals surface area contributed by atoms with Crippen molar-refractivity contribution in [2.24, 2.45) is 5.92 Å². The number of hydrogen-bond acceptors (Lipinski definition) is 7. The summed E-state index contributed by atoms with van der Waals surface area (Å²) in [6.07, 6.45) is 2.31. The van der Waals surface area contributed by atoms with E-state index in [2.05, 4.69) is 15.1 Å². The van der Waals surface area contributed by atoms with Crippen LogP contribution in [0, 0.1) is 5.92 Å². The van der Waals surface area contributed by atoms with Crippen LogP contribution in [0.5, 0.6) is 0 Å². The Hall–Kier alpha value is -4.05. The first-order valence-corrected chi connectivity index (χ1v) is 13.0. The summed E-state index contributed by atoms with van der Waals surface area (Å²) in [5.74, 6) is -2.32. The van der Waals surface area contributed by atoms with Crippen molar-refractivity contribution < 1.29 is 29.1 Å². The Morgan fingerprint density at radius 1 is 0.895 bits per heavy atom.